The van der Waals surface area contributed by atoms with Crippen molar-refractivity contribution in [3.8, 4) is 5.75 Å². The molecule has 1 aliphatic heterocycles. The van der Waals surface area contributed by atoms with Crippen molar-refractivity contribution in [3.05, 3.63) is 105 Å². The van der Waals surface area contributed by atoms with E-state index in [0.29, 0.717) is 17.9 Å². The third kappa shape index (κ3) is 4.46. The van der Waals surface area contributed by atoms with Crippen molar-refractivity contribution in [1.82, 2.24) is 0 Å². The van der Waals surface area contributed by atoms with Crippen molar-refractivity contribution in [2.45, 2.75) is 13.5 Å². The van der Waals surface area contributed by atoms with Crippen molar-refractivity contribution >= 4 is 33.7 Å². The summed E-state index contributed by atoms with van der Waals surface area (Å²) in [5.74, 6) is 0.276. The Morgan fingerprint density at radius 3 is 2.52 bits per heavy atom. The summed E-state index contributed by atoms with van der Waals surface area (Å²) in [4.78, 5) is 17.1. The summed E-state index contributed by atoms with van der Waals surface area (Å²) in [5, 5.41) is 3.94. The van der Waals surface area contributed by atoms with Gasteiger partial charge in [0.05, 0.1) is 10.0 Å². The molecule has 0 unspecified atom stereocenters. The Bertz CT molecular complexity index is 1100. The minimum atomic E-state index is -0.459. The number of nitrogens with zero attached hydrogens (tertiary/aromatic N) is 1. The highest BCUT2D eigenvalue weighted by Gasteiger charge is 2.26. The van der Waals surface area contributed by atoms with Crippen LogP contribution in [0, 0.1) is 6.92 Å². The van der Waals surface area contributed by atoms with Gasteiger partial charge in [0.15, 0.2) is 0 Å². The fourth-order valence-electron chi connectivity index (χ4n) is 2.95. The van der Waals surface area contributed by atoms with E-state index < -0.39 is 5.97 Å². The lowest BCUT2D eigenvalue weighted by atomic mass is 10.0. The van der Waals surface area contributed by atoms with Gasteiger partial charge in [-0.25, -0.2) is 4.79 Å². The van der Waals surface area contributed by atoms with E-state index in [1.54, 1.807) is 6.08 Å². The molecule has 0 amide bonds. The summed E-state index contributed by atoms with van der Waals surface area (Å²) in [6, 6.07) is 23.4. The highest BCUT2D eigenvalue weighted by atomic mass is 79.9. The molecule has 4 nitrogen and oxygen atoms in total. The van der Waals surface area contributed by atoms with Crippen LogP contribution in [0.5, 0.6) is 5.75 Å². The zero-order valence-electron chi connectivity index (χ0n) is 15.8. The van der Waals surface area contributed by atoms with Crippen LogP contribution in [0.3, 0.4) is 0 Å². The average Bonchev–Trinajstić information content (AvgIpc) is 3.09. The van der Waals surface area contributed by atoms with Crippen LogP contribution in [-0.4, -0.2) is 11.7 Å². The van der Waals surface area contributed by atoms with Crippen molar-refractivity contribution in [3.63, 3.8) is 0 Å². The van der Waals surface area contributed by atoms with Crippen LogP contribution in [0.25, 0.3) is 6.08 Å². The number of aryl methyl sites for hydroxylation is 1. The molecule has 0 N–H and O–H groups in total. The molecule has 3 aromatic rings. The van der Waals surface area contributed by atoms with Gasteiger partial charge in [0.25, 0.3) is 0 Å². The first-order valence-electron chi connectivity index (χ1n) is 9.15. The Kier molecular flexibility index (Phi) is 5.58. The van der Waals surface area contributed by atoms with E-state index in [4.69, 9.17) is 9.57 Å². The number of rotatable bonds is 5. The van der Waals surface area contributed by atoms with Gasteiger partial charge in [0, 0.05) is 5.56 Å². The van der Waals surface area contributed by atoms with Gasteiger partial charge in [0.2, 0.25) is 0 Å². The molecule has 0 saturated heterocycles. The monoisotopic (exact) mass is 447 g/mol. The van der Waals surface area contributed by atoms with Gasteiger partial charge in [-0.1, -0.05) is 71.4 Å². The second kappa shape index (κ2) is 8.45. The number of carbonyl (C=O) groups excluding carboxylic acids is 1. The van der Waals surface area contributed by atoms with E-state index in [1.165, 1.54) is 5.56 Å². The van der Waals surface area contributed by atoms with Crippen LogP contribution in [0.15, 0.2) is 88.0 Å². The summed E-state index contributed by atoms with van der Waals surface area (Å²) in [5.41, 5.74) is 4.96. The van der Waals surface area contributed by atoms with E-state index >= 15 is 0 Å². The van der Waals surface area contributed by atoms with Gasteiger partial charge in [-0.15, -0.1) is 0 Å². The maximum absolute atomic E-state index is 12.2. The molecule has 0 spiro atoms. The fourth-order valence-corrected chi connectivity index (χ4v) is 3.46. The number of benzene rings is 3. The molecular weight excluding hydrogens is 430 g/mol. The van der Waals surface area contributed by atoms with Gasteiger partial charge >= 0.3 is 5.97 Å². The second-order valence-electron chi connectivity index (χ2n) is 6.71. The van der Waals surface area contributed by atoms with Crippen LogP contribution in [0.1, 0.15) is 22.3 Å². The van der Waals surface area contributed by atoms with Gasteiger partial charge < -0.3 is 9.57 Å². The Hall–Kier alpha value is -3.18. The van der Waals surface area contributed by atoms with Gasteiger partial charge in [-0.05, 0) is 52.2 Å². The summed E-state index contributed by atoms with van der Waals surface area (Å²) in [7, 11) is 0. The van der Waals surface area contributed by atoms with Crippen LogP contribution in [0.2, 0.25) is 0 Å². The maximum atomic E-state index is 12.2. The molecule has 0 aliphatic carbocycles. The van der Waals surface area contributed by atoms with Crippen LogP contribution >= 0.6 is 15.9 Å². The Morgan fingerprint density at radius 2 is 1.79 bits per heavy atom. The third-order valence-corrected chi connectivity index (χ3v) is 5.14. The number of hydrogen-bond acceptors (Lipinski definition) is 4. The molecule has 0 aromatic heterocycles. The lowest BCUT2D eigenvalue weighted by Gasteiger charge is -2.09. The molecule has 0 saturated carbocycles. The molecule has 144 valence electrons. The minimum absolute atomic E-state index is 0.427. The highest BCUT2D eigenvalue weighted by molar-refractivity contribution is 9.10. The first kappa shape index (κ1) is 19.2. The number of oxime groups is 1. The largest absolute Gasteiger partial charge is 0.488 e. The summed E-state index contributed by atoms with van der Waals surface area (Å²) in [6.45, 7) is 2.54. The predicted octanol–water partition coefficient (Wildman–Crippen LogP) is 5.68. The Balaban J connectivity index is 1.53. The lowest BCUT2D eigenvalue weighted by Crippen LogP contribution is -2.06. The summed E-state index contributed by atoms with van der Waals surface area (Å²) < 4.78 is 6.73. The molecular formula is C24H18BrNO3. The number of ether oxygens (including phenoxy) is 1. The first-order valence-corrected chi connectivity index (χ1v) is 9.94. The normalized spacial score (nSPS) is 14.6. The van der Waals surface area contributed by atoms with E-state index in [-0.39, 0.29) is 0 Å². The van der Waals surface area contributed by atoms with E-state index in [0.717, 1.165) is 26.9 Å². The maximum Gasteiger partial charge on any atom is 0.368 e. The molecule has 1 aliphatic rings. The average molecular weight is 448 g/mol. The predicted molar refractivity (Wildman–Crippen MR) is 117 cm³/mol. The highest BCUT2D eigenvalue weighted by Crippen LogP contribution is 2.29. The molecule has 0 fully saturated rings. The zero-order chi connectivity index (χ0) is 20.2. The topological polar surface area (TPSA) is 47.9 Å². The second-order valence-corrected chi connectivity index (χ2v) is 7.56. The smallest absolute Gasteiger partial charge is 0.368 e. The quantitative estimate of drug-likeness (QED) is 0.373. The molecule has 3 aromatic carbocycles. The van der Waals surface area contributed by atoms with E-state index in [9.17, 15) is 4.79 Å². The molecule has 4 rings (SSSR count). The molecule has 5 heteroatoms. The van der Waals surface area contributed by atoms with E-state index in [2.05, 4.69) is 52.3 Å². The van der Waals surface area contributed by atoms with Crippen molar-refractivity contribution < 1.29 is 14.4 Å². The fraction of sp³-hybridized carbons (Fsp3) is 0.0833. The SMILES string of the molecule is Cc1ccc(COc2ccc(/C=C3\C(=O)ON=C3c3ccccc3)cc2Br)cc1. The minimum Gasteiger partial charge on any atom is -0.488 e. The number of hydrogen-bond donors (Lipinski definition) is 0. The lowest BCUT2D eigenvalue weighted by molar-refractivity contribution is -0.136. The van der Waals surface area contributed by atoms with Crippen molar-refractivity contribution in [2.75, 3.05) is 0 Å². The molecule has 29 heavy (non-hydrogen) atoms. The first-order chi connectivity index (χ1) is 14.1. The van der Waals surface area contributed by atoms with Crippen LogP contribution in [-0.2, 0) is 16.2 Å². The van der Waals surface area contributed by atoms with Gasteiger partial charge in [-0.2, -0.15) is 0 Å². The molecule has 0 bridgehead atoms. The summed E-state index contributed by atoms with van der Waals surface area (Å²) in [6.07, 6.45) is 1.77. The molecule has 1 heterocycles. The zero-order valence-corrected chi connectivity index (χ0v) is 17.3. The Morgan fingerprint density at radius 1 is 1.03 bits per heavy atom. The van der Waals surface area contributed by atoms with Crippen LogP contribution in [0.4, 0.5) is 0 Å². The Labute approximate surface area is 177 Å². The third-order valence-electron chi connectivity index (χ3n) is 4.52. The van der Waals surface area contributed by atoms with Gasteiger partial charge in [-0.3, -0.25) is 0 Å². The number of carbonyl (C=O) groups is 1. The molecule has 0 radical (unpaired) electrons. The molecule has 0 atom stereocenters. The van der Waals surface area contributed by atoms with Crippen LogP contribution < -0.4 is 4.74 Å². The van der Waals surface area contributed by atoms with Gasteiger partial charge in [0.1, 0.15) is 18.1 Å². The summed E-state index contributed by atoms with van der Waals surface area (Å²) >= 11 is 3.56. The van der Waals surface area contributed by atoms with Crippen molar-refractivity contribution in [1.29, 1.82) is 0 Å². The van der Waals surface area contributed by atoms with E-state index in [1.807, 2.05) is 48.5 Å². The number of halogens is 1. The standard InChI is InChI=1S/C24H18BrNO3/c1-16-7-9-17(10-8-16)15-28-22-12-11-18(14-21(22)25)13-20-23(26-29-24(20)27)19-5-3-2-4-6-19/h2-14H,15H2,1H3/b20-13-. The van der Waals surface area contributed by atoms with Crippen molar-refractivity contribution in [2.24, 2.45) is 5.16 Å².